The topological polar surface area (TPSA) is 58.8 Å². The van der Waals surface area contributed by atoms with Gasteiger partial charge in [-0.3, -0.25) is 4.90 Å². The molecule has 8 heteroatoms. The van der Waals surface area contributed by atoms with Gasteiger partial charge in [0.05, 0.1) is 17.6 Å². The van der Waals surface area contributed by atoms with Crippen molar-refractivity contribution in [1.29, 1.82) is 0 Å². The SMILES string of the molecule is C[C@@H]1CC2CSC1N2c1c(F)cc(N2CC(CN)OC2=O)cc1F. The Bertz CT molecular complexity index is 666. The van der Waals surface area contributed by atoms with Crippen molar-refractivity contribution >= 4 is 29.2 Å². The van der Waals surface area contributed by atoms with Crippen molar-refractivity contribution in [2.45, 2.75) is 30.9 Å². The number of rotatable bonds is 3. The molecule has 1 aromatic carbocycles. The van der Waals surface area contributed by atoms with Crippen molar-refractivity contribution in [2.75, 3.05) is 28.6 Å². The number of hydrogen-bond acceptors (Lipinski definition) is 5. The molecule has 5 nitrogen and oxygen atoms in total. The predicted molar refractivity (Wildman–Crippen MR) is 89.3 cm³/mol. The molecule has 3 aliphatic rings. The Balaban J connectivity index is 1.66. The molecule has 0 aliphatic carbocycles. The number of carbonyl (C=O) groups is 1. The Morgan fingerprint density at radius 1 is 1.38 bits per heavy atom. The van der Waals surface area contributed by atoms with Crippen LogP contribution in [0.25, 0.3) is 0 Å². The summed E-state index contributed by atoms with van der Waals surface area (Å²) in [7, 11) is 0. The molecule has 0 aromatic heterocycles. The standard InChI is InChI=1S/C16H19F2N3O2S/c1-8-2-10-7-24-15(8)21(10)14-12(17)3-9(4-13(14)18)20-6-11(5-19)23-16(20)22/h3-4,8,10-11,15H,2,5-7,19H2,1H3/t8-,10?,11?,15?/m1/s1. The van der Waals surface area contributed by atoms with Gasteiger partial charge in [-0.25, -0.2) is 13.6 Å². The number of benzene rings is 1. The van der Waals surface area contributed by atoms with Crippen LogP contribution in [-0.2, 0) is 4.74 Å². The van der Waals surface area contributed by atoms with Gasteiger partial charge in [0.25, 0.3) is 0 Å². The number of halogens is 2. The van der Waals surface area contributed by atoms with E-state index in [1.54, 1.807) is 11.8 Å². The number of fused-ring (bicyclic) bond motifs is 2. The molecule has 3 heterocycles. The van der Waals surface area contributed by atoms with Crippen LogP contribution >= 0.6 is 11.8 Å². The van der Waals surface area contributed by atoms with Gasteiger partial charge in [-0.2, -0.15) is 0 Å². The molecule has 3 unspecified atom stereocenters. The molecule has 0 saturated carbocycles. The highest BCUT2D eigenvalue weighted by Crippen LogP contribution is 2.48. The number of amides is 1. The van der Waals surface area contributed by atoms with E-state index in [0.29, 0.717) is 5.92 Å². The highest BCUT2D eigenvalue weighted by Gasteiger charge is 2.47. The predicted octanol–water partition coefficient (Wildman–Crippen LogP) is 2.54. The maximum atomic E-state index is 14.7. The molecule has 24 heavy (non-hydrogen) atoms. The average molecular weight is 355 g/mol. The number of anilines is 2. The summed E-state index contributed by atoms with van der Waals surface area (Å²) in [6.45, 7) is 2.49. The first-order valence-electron chi connectivity index (χ1n) is 8.06. The van der Waals surface area contributed by atoms with Crippen LogP contribution in [0.4, 0.5) is 25.0 Å². The zero-order valence-electron chi connectivity index (χ0n) is 13.2. The number of nitrogens with two attached hydrogens (primary N) is 1. The van der Waals surface area contributed by atoms with E-state index < -0.39 is 23.8 Å². The third-order valence-corrected chi connectivity index (χ3v) is 6.58. The number of hydrogen-bond donors (Lipinski definition) is 1. The molecule has 1 amide bonds. The van der Waals surface area contributed by atoms with Crippen molar-refractivity contribution in [3.05, 3.63) is 23.8 Å². The minimum Gasteiger partial charge on any atom is -0.443 e. The molecule has 0 spiro atoms. The lowest BCUT2D eigenvalue weighted by Gasteiger charge is -2.26. The molecule has 3 fully saturated rings. The van der Waals surface area contributed by atoms with Gasteiger partial charge in [-0.05, 0) is 12.3 Å². The van der Waals surface area contributed by atoms with Gasteiger partial charge >= 0.3 is 6.09 Å². The van der Waals surface area contributed by atoms with Crippen LogP contribution in [0.1, 0.15) is 13.3 Å². The fraction of sp³-hybridized carbons (Fsp3) is 0.562. The number of cyclic esters (lactones) is 1. The molecule has 1 aromatic rings. The van der Waals surface area contributed by atoms with Crippen LogP contribution < -0.4 is 15.5 Å². The summed E-state index contributed by atoms with van der Waals surface area (Å²) in [6, 6.07) is 2.60. The Morgan fingerprint density at radius 2 is 2.08 bits per heavy atom. The van der Waals surface area contributed by atoms with E-state index in [2.05, 4.69) is 6.92 Å². The molecular weight excluding hydrogens is 336 g/mol. The highest BCUT2D eigenvalue weighted by atomic mass is 32.2. The summed E-state index contributed by atoms with van der Waals surface area (Å²) < 4.78 is 34.5. The highest BCUT2D eigenvalue weighted by molar-refractivity contribution is 8.00. The second-order valence-electron chi connectivity index (χ2n) is 6.61. The van der Waals surface area contributed by atoms with E-state index in [1.807, 2.05) is 4.90 Å². The van der Waals surface area contributed by atoms with Gasteiger partial charge in [-0.15, -0.1) is 11.8 Å². The van der Waals surface area contributed by atoms with Crippen molar-refractivity contribution in [3.63, 3.8) is 0 Å². The number of nitrogens with zero attached hydrogens (tertiary/aromatic N) is 2. The molecule has 130 valence electrons. The lowest BCUT2D eigenvalue weighted by Crippen LogP contribution is -2.32. The first-order valence-corrected chi connectivity index (χ1v) is 9.11. The molecule has 3 aliphatic heterocycles. The van der Waals surface area contributed by atoms with E-state index in [9.17, 15) is 13.6 Å². The van der Waals surface area contributed by atoms with Crippen LogP contribution in [0, 0.1) is 17.6 Å². The summed E-state index contributed by atoms with van der Waals surface area (Å²) in [6.07, 6.45) is -0.119. The number of ether oxygens (including phenoxy) is 1. The zero-order valence-corrected chi connectivity index (χ0v) is 14.1. The minimum atomic E-state index is -0.638. The lowest BCUT2D eigenvalue weighted by molar-refractivity contribution is 0.145. The van der Waals surface area contributed by atoms with Gasteiger partial charge in [0.15, 0.2) is 11.6 Å². The zero-order chi connectivity index (χ0) is 17.0. The van der Waals surface area contributed by atoms with Gasteiger partial charge in [0.2, 0.25) is 0 Å². The summed E-state index contributed by atoms with van der Waals surface area (Å²) in [5.74, 6) is 0.0269. The van der Waals surface area contributed by atoms with Crippen molar-refractivity contribution < 1.29 is 18.3 Å². The summed E-state index contributed by atoms with van der Waals surface area (Å²) in [4.78, 5) is 14.9. The molecule has 2 bridgehead atoms. The Labute approximate surface area is 143 Å². The largest absolute Gasteiger partial charge is 0.443 e. The Morgan fingerprint density at radius 3 is 2.58 bits per heavy atom. The molecule has 2 N–H and O–H groups in total. The molecule has 3 saturated heterocycles. The van der Waals surface area contributed by atoms with Gasteiger partial charge < -0.3 is 15.4 Å². The van der Waals surface area contributed by atoms with E-state index in [4.69, 9.17) is 10.5 Å². The van der Waals surface area contributed by atoms with Crippen molar-refractivity contribution in [3.8, 4) is 0 Å². The van der Waals surface area contributed by atoms with Crippen LogP contribution in [0.15, 0.2) is 12.1 Å². The normalized spacial score (nSPS) is 31.9. The fourth-order valence-corrected chi connectivity index (χ4v) is 5.46. The van der Waals surface area contributed by atoms with Crippen LogP contribution in [0.3, 0.4) is 0 Å². The Hall–Kier alpha value is -1.54. The third kappa shape index (κ3) is 2.35. The van der Waals surface area contributed by atoms with Gasteiger partial charge in [-0.1, -0.05) is 6.92 Å². The molecule has 4 rings (SSSR count). The van der Waals surface area contributed by atoms with E-state index in [-0.39, 0.29) is 35.9 Å². The summed E-state index contributed by atoms with van der Waals surface area (Å²) in [5, 5.41) is 0.114. The van der Waals surface area contributed by atoms with E-state index in [1.165, 1.54) is 17.0 Å². The van der Waals surface area contributed by atoms with Crippen molar-refractivity contribution in [2.24, 2.45) is 11.7 Å². The van der Waals surface area contributed by atoms with Gasteiger partial charge in [0.1, 0.15) is 11.8 Å². The third-order valence-electron chi connectivity index (χ3n) is 4.97. The molecule has 4 atom stereocenters. The average Bonchev–Trinajstić information content (AvgIpc) is 3.19. The lowest BCUT2D eigenvalue weighted by atomic mass is 10.1. The molecule has 0 radical (unpaired) electrons. The van der Waals surface area contributed by atoms with Crippen molar-refractivity contribution in [1.82, 2.24) is 0 Å². The van der Waals surface area contributed by atoms with E-state index >= 15 is 0 Å². The van der Waals surface area contributed by atoms with Gasteiger partial charge in [0, 0.05) is 30.5 Å². The number of thioether (sulfide) groups is 1. The Kier molecular flexibility index (Phi) is 3.84. The summed E-state index contributed by atoms with van der Waals surface area (Å²) >= 11 is 1.75. The van der Waals surface area contributed by atoms with Crippen LogP contribution in [0.5, 0.6) is 0 Å². The maximum absolute atomic E-state index is 14.7. The number of carbonyl (C=O) groups excluding carboxylic acids is 1. The van der Waals surface area contributed by atoms with Crippen LogP contribution in [0.2, 0.25) is 0 Å². The first kappa shape index (κ1) is 16.0. The smallest absolute Gasteiger partial charge is 0.414 e. The first-order chi connectivity index (χ1) is 11.5. The minimum absolute atomic E-state index is 0.0195. The quantitative estimate of drug-likeness (QED) is 0.903. The monoisotopic (exact) mass is 355 g/mol. The summed E-state index contributed by atoms with van der Waals surface area (Å²) in [5.41, 5.74) is 5.68. The van der Waals surface area contributed by atoms with E-state index in [0.717, 1.165) is 12.2 Å². The second kappa shape index (κ2) is 5.77. The fourth-order valence-electron chi connectivity index (χ4n) is 3.86. The maximum Gasteiger partial charge on any atom is 0.414 e. The molecular formula is C16H19F2N3O2S. The van der Waals surface area contributed by atoms with Crippen LogP contribution in [-0.4, -0.2) is 42.5 Å². The second-order valence-corrected chi connectivity index (χ2v) is 7.76.